The molecule has 4 aromatic rings. The van der Waals surface area contributed by atoms with Gasteiger partial charge >= 0.3 is 0 Å². The van der Waals surface area contributed by atoms with Gasteiger partial charge in [-0.3, -0.25) is 4.90 Å². The number of hydrogen-bond acceptors (Lipinski definition) is 7. The molecule has 0 N–H and O–H groups in total. The second-order valence-electron chi connectivity index (χ2n) is 10.0. The van der Waals surface area contributed by atoms with E-state index in [0.29, 0.717) is 31.1 Å². The molecule has 2 aliphatic rings. The molecular weight excluding hydrogens is 498 g/mol. The smallest absolute Gasteiger partial charge is 0.243 e. The maximum absolute atomic E-state index is 13.4. The van der Waals surface area contributed by atoms with E-state index in [4.69, 9.17) is 9.97 Å². The molecule has 2 saturated heterocycles. The van der Waals surface area contributed by atoms with Crippen LogP contribution in [0.25, 0.3) is 16.6 Å². The van der Waals surface area contributed by atoms with Crippen LogP contribution in [0.1, 0.15) is 38.1 Å². The molecule has 0 aliphatic carbocycles. The van der Waals surface area contributed by atoms with Crippen molar-refractivity contribution in [2.45, 2.75) is 37.1 Å². The zero-order valence-corrected chi connectivity index (χ0v) is 22.5. The van der Waals surface area contributed by atoms with Gasteiger partial charge in [-0.15, -0.1) is 0 Å². The van der Waals surface area contributed by atoms with Gasteiger partial charge in [-0.25, -0.2) is 23.1 Å². The van der Waals surface area contributed by atoms with Crippen molar-refractivity contribution in [1.29, 1.82) is 0 Å². The molecule has 38 heavy (non-hydrogen) atoms. The molecule has 0 saturated carbocycles. The van der Waals surface area contributed by atoms with Gasteiger partial charge in [0.15, 0.2) is 0 Å². The number of anilines is 1. The van der Waals surface area contributed by atoms with Crippen LogP contribution in [0.2, 0.25) is 0 Å². The molecule has 0 amide bonds. The second kappa shape index (κ2) is 10.4. The highest BCUT2D eigenvalue weighted by Gasteiger charge is 2.31. The number of sulfonamides is 1. The molecule has 2 aromatic carbocycles. The number of piperazine rings is 1. The van der Waals surface area contributed by atoms with Gasteiger partial charge in [0.25, 0.3) is 0 Å². The predicted octanol–water partition coefficient (Wildman–Crippen LogP) is 3.87. The molecule has 10 heteroatoms. The number of piperidine rings is 1. The Balaban J connectivity index is 1.17. The number of hydrogen-bond donors (Lipinski definition) is 0. The first-order valence-corrected chi connectivity index (χ1v) is 14.8. The van der Waals surface area contributed by atoms with Gasteiger partial charge < -0.3 is 4.90 Å². The summed E-state index contributed by atoms with van der Waals surface area (Å²) in [5.41, 5.74) is 1.79. The fourth-order valence-corrected chi connectivity index (χ4v) is 6.87. The molecule has 6 rings (SSSR count). The van der Waals surface area contributed by atoms with Crippen LogP contribution in [-0.2, 0) is 10.0 Å². The van der Waals surface area contributed by atoms with Crippen molar-refractivity contribution < 1.29 is 8.42 Å². The maximum Gasteiger partial charge on any atom is 0.243 e. The first-order valence-electron chi connectivity index (χ1n) is 13.4. The molecule has 0 radical (unpaired) electrons. The SMILES string of the molecule is CC(c1nc(N2CCCCC2)c2ccccc2n1)N1CCN(S(=O)(=O)c2ccc(-n3cccn3)cc2)CC1. The van der Waals surface area contributed by atoms with Crippen molar-refractivity contribution in [3.63, 3.8) is 0 Å². The fourth-order valence-electron chi connectivity index (χ4n) is 5.45. The highest BCUT2D eigenvalue weighted by atomic mass is 32.2. The maximum atomic E-state index is 13.4. The molecule has 0 bridgehead atoms. The quantitative estimate of drug-likeness (QED) is 0.373. The third kappa shape index (κ3) is 4.79. The topological polar surface area (TPSA) is 87.5 Å². The predicted molar refractivity (Wildman–Crippen MR) is 148 cm³/mol. The summed E-state index contributed by atoms with van der Waals surface area (Å²) in [6.45, 7) is 6.28. The monoisotopic (exact) mass is 531 g/mol. The minimum atomic E-state index is -3.57. The van der Waals surface area contributed by atoms with Gasteiger partial charge in [0.2, 0.25) is 10.0 Å². The summed E-state index contributed by atoms with van der Waals surface area (Å²) in [5.74, 6) is 1.83. The third-order valence-corrected chi connectivity index (χ3v) is 9.61. The number of para-hydroxylation sites is 1. The second-order valence-corrected chi connectivity index (χ2v) is 12.0. The van der Waals surface area contributed by atoms with Crippen LogP contribution < -0.4 is 4.90 Å². The Kier molecular flexibility index (Phi) is 6.86. The average Bonchev–Trinajstić information content (AvgIpc) is 3.52. The van der Waals surface area contributed by atoms with Gasteiger partial charge in [-0.2, -0.15) is 9.40 Å². The summed E-state index contributed by atoms with van der Waals surface area (Å²) in [6, 6.07) is 17.0. The fraction of sp³-hybridized carbons (Fsp3) is 0.393. The highest BCUT2D eigenvalue weighted by Crippen LogP contribution is 2.30. The Bertz CT molecular complexity index is 1490. The molecule has 2 fully saturated rings. The van der Waals surface area contributed by atoms with Gasteiger partial charge in [-0.1, -0.05) is 12.1 Å². The first kappa shape index (κ1) is 25.0. The van der Waals surface area contributed by atoms with E-state index in [-0.39, 0.29) is 6.04 Å². The number of benzene rings is 2. The number of fused-ring (bicyclic) bond motifs is 1. The van der Waals surface area contributed by atoms with Crippen molar-refractivity contribution in [3.8, 4) is 5.69 Å². The van der Waals surface area contributed by atoms with E-state index in [2.05, 4.69) is 34.0 Å². The highest BCUT2D eigenvalue weighted by molar-refractivity contribution is 7.89. The van der Waals surface area contributed by atoms with Gasteiger partial charge in [-0.05, 0) is 68.7 Å². The van der Waals surface area contributed by atoms with E-state index in [1.165, 1.54) is 19.3 Å². The van der Waals surface area contributed by atoms with Crippen LogP contribution in [0.3, 0.4) is 0 Å². The van der Waals surface area contributed by atoms with Crippen LogP contribution in [-0.4, -0.2) is 76.6 Å². The number of rotatable bonds is 6. The Morgan fingerprint density at radius 3 is 2.26 bits per heavy atom. The first-order chi connectivity index (χ1) is 18.5. The normalized spacial score (nSPS) is 18.6. The molecule has 1 atom stereocenters. The van der Waals surface area contributed by atoms with Gasteiger partial charge in [0.05, 0.1) is 22.1 Å². The standard InChI is InChI=1S/C28H33N7O2S/c1-22(27-30-26-9-4-3-8-25(26)28(31-27)33-15-5-2-6-16-33)32-18-20-34(21-19-32)38(36,37)24-12-10-23(11-13-24)35-17-7-14-29-35/h3-4,7-14,17,22H,2,5-6,15-16,18-21H2,1H3. The van der Waals surface area contributed by atoms with Crippen LogP contribution in [0.4, 0.5) is 5.82 Å². The minimum Gasteiger partial charge on any atom is -0.356 e. The largest absolute Gasteiger partial charge is 0.356 e. The zero-order valence-electron chi connectivity index (χ0n) is 21.6. The van der Waals surface area contributed by atoms with E-state index in [9.17, 15) is 8.42 Å². The van der Waals surface area contributed by atoms with Crippen LogP contribution in [0.15, 0.2) is 71.9 Å². The summed E-state index contributed by atoms with van der Waals surface area (Å²) >= 11 is 0. The lowest BCUT2D eigenvalue weighted by Crippen LogP contribution is -2.49. The summed E-state index contributed by atoms with van der Waals surface area (Å²) in [5, 5.41) is 5.30. The Morgan fingerprint density at radius 2 is 1.55 bits per heavy atom. The summed E-state index contributed by atoms with van der Waals surface area (Å²) in [7, 11) is -3.57. The zero-order chi connectivity index (χ0) is 26.1. The van der Waals surface area contributed by atoms with E-state index in [1.807, 2.05) is 24.4 Å². The lowest BCUT2D eigenvalue weighted by atomic mass is 10.1. The number of nitrogens with zero attached hydrogens (tertiary/aromatic N) is 7. The van der Waals surface area contributed by atoms with Crippen LogP contribution >= 0.6 is 0 Å². The molecular formula is C28H33N7O2S. The Labute approximate surface area is 223 Å². The lowest BCUT2D eigenvalue weighted by molar-refractivity contribution is 0.141. The van der Waals surface area contributed by atoms with Crippen LogP contribution in [0.5, 0.6) is 0 Å². The molecule has 9 nitrogen and oxygen atoms in total. The van der Waals surface area contributed by atoms with Crippen molar-refractivity contribution in [3.05, 3.63) is 72.8 Å². The van der Waals surface area contributed by atoms with E-state index in [0.717, 1.165) is 41.3 Å². The van der Waals surface area contributed by atoms with E-state index >= 15 is 0 Å². The molecule has 0 spiro atoms. The minimum absolute atomic E-state index is 0.0126. The summed E-state index contributed by atoms with van der Waals surface area (Å²) in [4.78, 5) is 15.0. The summed E-state index contributed by atoms with van der Waals surface area (Å²) < 4.78 is 30.0. The van der Waals surface area contributed by atoms with Gasteiger partial charge in [0.1, 0.15) is 11.6 Å². The van der Waals surface area contributed by atoms with Crippen molar-refractivity contribution in [2.75, 3.05) is 44.2 Å². The molecule has 2 aliphatic heterocycles. The van der Waals surface area contributed by atoms with Crippen molar-refractivity contribution >= 4 is 26.7 Å². The summed E-state index contributed by atoms with van der Waals surface area (Å²) in [6.07, 6.45) is 7.17. The molecule has 4 heterocycles. The Morgan fingerprint density at radius 1 is 0.816 bits per heavy atom. The lowest BCUT2D eigenvalue weighted by Gasteiger charge is -2.37. The van der Waals surface area contributed by atoms with E-state index < -0.39 is 10.0 Å². The van der Waals surface area contributed by atoms with Gasteiger partial charge in [0, 0.05) is 57.0 Å². The molecule has 198 valence electrons. The third-order valence-electron chi connectivity index (χ3n) is 7.69. The van der Waals surface area contributed by atoms with Crippen LogP contribution in [0, 0.1) is 0 Å². The average molecular weight is 532 g/mol. The van der Waals surface area contributed by atoms with E-state index in [1.54, 1.807) is 39.4 Å². The molecule has 2 aromatic heterocycles. The van der Waals surface area contributed by atoms with Crippen molar-refractivity contribution in [1.82, 2.24) is 29.0 Å². The Hall–Kier alpha value is -3.34. The molecule has 1 unspecified atom stereocenters. The van der Waals surface area contributed by atoms with Crippen molar-refractivity contribution in [2.24, 2.45) is 0 Å². The number of aromatic nitrogens is 4.